The van der Waals surface area contributed by atoms with Crippen LogP contribution in [0.25, 0.3) is 6.08 Å². The number of amidine groups is 1. The third-order valence-electron chi connectivity index (χ3n) is 4.05. The van der Waals surface area contributed by atoms with Crippen molar-refractivity contribution in [3.05, 3.63) is 55.8 Å². The van der Waals surface area contributed by atoms with E-state index in [0.717, 1.165) is 10.2 Å². The number of carbonyl (C=O) groups excluding carboxylic acids is 1. The fourth-order valence-electron chi connectivity index (χ4n) is 2.58. The fourth-order valence-corrected chi connectivity index (χ4v) is 4.85. The Balaban J connectivity index is 1.97. The summed E-state index contributed by atoms with van der Waals surface area (Å²) in [4.78, 5) is 19.6. The van der Waals surface area contributed by atoms with Crippen molar-refractivity contribution in [2.24, 2.45) is 4.99 Å². The van der Waals surface area contributed by atoms with Crippen molar-refractivity contribution in [1.29, 1.82) is 0 Å². The fraction of sp³-hybridized carbons (Fsp3) is 0.200. The zero-order valence-corrected chi connectivity index (χ0v) is 19.7. The third kappa shape index (κ3) is 5.22. The van der Waals surface area contributed by atoms with Crippen LogP contribution in [-0.2, 0) is 9.53 Å². The third-order valence-corrected chi connectivity index (χ3v) is 6.12. The van der Waals surface area contributed by atoms with Gasteiger partial charge in [-0.1, -0.05) is 15.9 Å². The van der Waals surface area contributed by atoms with Crippen molar-refractivity contribution in [2.75, 3.05) is 27.4 Å². The lowest BCUT2D eigenvalue weighted by Gasteiger charge is -2.14. The van der Waals surface area contributed by atoms with Crippen LogP contribution in [0.5, 0.6) is 11.5 Å². The monoisotopic (exact) mass is 540 g/mol. The number of phenolic OH excluding ortho intramolecular Hbond substituents is 1. The number of halogens is 2. The van der Waals surface area contributed by atoms with Gasteiger partial charge in [-0.25, -0.2) is 4.99 Å². The number of ether oxygens (including phenoxy) is 2. The van der Waals surface area contributed by atoms with E-state index < -0.39 is 0 Å². The molecule has 1 heterocycles. The van der Waals surface area contributed by atoms with Crippen LogP contribution < -0.4 is 4.74 Å². The number of nitrogens with zero attached hydrogens (tertiary/aromatic N) is 2. The molecular formula is C20H18Br2N2O4S. The van der Waals surface area contributed by atoms with E-state index in [1.807, 2.05) is 24.3 Å². The lowest BCUT2D eigenvalue weighted by molar-refractivity contribution is -0.122. The standard InChI is InChI=1S/C20H18Br2N2O4S/c1-27-8-7-24-19(26)17(10-12-9-13(21)11-16(22)18(12)25)29-20(24)23-14-3-5-15(28-2)6-4-14/h3-6,9-11,25H,7-8H2,1-2H3/b17-10-,23-20?. The van der Waals surface area contributed by atoms with Gasteiger partial charge in [0.2, 0.25) is 0 Å². The van der Waals surface area contributed by atoms with Crippen molar-refractivity contribution in [3.8, 4) is 11.5 Å². The minimum Gasteiger partial charge on any atom is -0.506 e. The van der Waals surface area contributed by atoms with Crippen molar-refractivity contribution in [3.63, 3.8) is 0 Å². The highest BCUT2D eigenvalue weighted by Crippen LogP contribution is 2.38. The average molecular weight is 542 g/mol. The normalized spacial score (nSPS) is 16.8. The Morgan fingerprint density at radius 3 is 2.59 bits per heavy atom. The van der Waals surface area contributed by atoms with Gasteiger partial charge in [0.05, 0.1) is 35.3 Å². The largest absolute Gasteiger partial charge is 0.506 e. The zero-order valence-electron chi connectivity index (χ0n) is 15.7. The van der Waals surface area contributed by atoms with Crippen molar-refractivity contribution >= 4 is 66.5 Å². The second-order valence-corrected chi connectivity index (χ2v) is 8.76. The Bertz CT molecular complexity index is 977. The molecule has 0 aliphatic carbocycles. The van der Waals surface area contributed by atoms with Crippen LogP contribution in [0.3, 0.4) is 0 Å². The number of phenols is 1. The molecule has 0 spiro atoms. The average Bonchev–Trinajstić information content (AvgIpc) is 2.99. The Kier molecular flexibility index (Phi) is 7.39. The molecule has 0 saturated carbocycles. The van der Waals surface area contributed by atoms with E-state index in [0.29, 0.717) is 38.9 Å². The zero-order chi connectivity index (χ0) is 21.0. The van der Waals surface area contributed by atoms with E-state index in [4.69, 9.17) is 9.47 Å². The van der Waals surface area contributed by atoms with E-state index in [9.17, 15) is 9.90 Å². The Labute approximate surface area is 189 Å². The Morgan fingerprint density at radius 1 is 1.21 bits per heavy atom. The number of aliphatic imine (C=N–C) groups is 1. The number of amides is 1. The molecule has 29 heavy (non-hydrogen) atoms. The van der Waals surface area contributed by atoms with Crippen LogP contribution in [0, 0.1) is 0 Å². The predicted octanol–water partition coefficient (Wildman–Crippen LogP) is 5.18. The smallest absolute Gasteiger partial charge is 0.266 e. The summed E-state index contributed by atoms with van der Waals surface area (Å²) in [7, 11) is 3.19. The minimum absolute atomic E-state index is 0.0677. The number of rotatable bonds is 6. The Hall–Kier alpha value is -1.81. The molecule has 1 aliphatic rings. The number of thioether (sulfide) groups is 1. The summed E-state index contributed by atoms with van der Waals surface area (Å²) in [6.07, 6.45) is 1.66. The molecule has 1 aliphatic heterocycles. The molecule has 1 fully saturated rings. The number of carbonyl (C=O) groups is 1. The van der Waals surface area contributed by atoms with Gasteiger partial charge < -0.3 is 14.6 Å². The number of methoxy groups -OCH3 is 2. The first kappa shape index (κ1) is 21.9. The Morgan fingerprint density at radius 2 is 1.93 bits per heavy atom. The van der Waals surface area contributed by atoms with Crippen molar-refractivity contribution < 1.29 is 19.4 Å². The van der Waals surface area contributed by atoms with E-state index in [1.54, 1.807) is 37.3 Å². The van der Waals surface area contributed by atoms with E-state index in [1.165, 1.54) is 11.8 Å². The van der Waals surface area contributed by atoms with Crippen LogP contribution in [0.4, 0.5) is 5.69 Å². The summed E-state index contributed by atoms with van der Waals surface area (Å²) < 4.78 is 11.6. The number of hydrogen-bond donors (Lipinski definition) is 1. The van der Waals surface area contributed by atoms with Crippen molar-refractivity contribution in [2.45, 2.75) is 0 Å². The van der Waals surface area contributed by atoms with Gasteiger partial charge in [-0.15, -0.1) is 0 Å². The molecular weight excluding hydrogens is 524 g/mol. The summed E-state index contributed by atoms with van der Waals surface area (Å²) in [6, 6.07) is 10.8. The topological polar surface area (TPSA) is 71.4 Å². The molecule has 152 valence electrons. The van der Waals surface area contributed by atoms with Crippen LogP contribution >= 0.6 is 43.6 Å². The van der Waals surface area contributed by atoms with Gasteiger partial charge in [-0.05, 0) is 70.2 Å². The molecule has 0 unspecified atom stereocenters. The SMILES string of the molecule is COCCN1C(=O)/C(=C/c2cc(Br)cc(Br)c2O)SC1=Nc1ccc(OC)cc1. The molecule has 0 radical (unpaired) electrons. The molecule has 9 heteroatoms. The first-order valence-electron chi connectivity index (χ1n) is 8.54. The number of aromatic hydroxyl groups is 1. The maximum absolute atomic E-state index is 13.0. The van der Waals surface area contributed by atoms with Gasteiger partial charge in [-0.2, -0.15) is 0 Å². The first-order valence-corrected chi connectivity index (χ1v) is 10.9. The van der Waals surface area contributed by atoms with Crippen LogP contribution in [-0.4, -0.2) is 48.5 Å². The van der Waals surface area contributed by atoms with Gasteiger partial charge in [0.15, 0.2) is 5.17 Å². The summed E-state index contributed by atoms with van der Waals surface area (Å²) in [5.74, 6) is 0.615. The molecule has 6 nitrogen and oxygen atoms in total. The summed E-state index contributed by atoms with van der Waals surface area (Å²) in [5.41, 5.74) is 1.23. The molecule has 0 bridgehead atoms. The molecule has 1 amide bonds. The van der Waals surface area contributed by atoms with Crippen LogP contribution in [0.1, 0.15) is 5.56 Å². The quantitative estimate of drug-likeness (QED) is 0.510. The molecule has 1 N–H and O–H groups in total. The maximum atomic E-state index is 13.0. The first-order chi connectivity index (χ1) is 13.9. The minimum atomic E-state index is -0.185. The molecule has 3 rings (SSSR count). The summed E-state index contributed by atoms with van der Waals surface area (Å²) >= 11 is 7.97. The number of benzene rings is 2. The summed E-state index contributed by atoms with van der Waals surface area (Å²) in [5, 5.41) is 10.9. The molecule has 2 aromatic carbocycles. The lowest BCUT2D eigenvalue weighted by atomic mass is 10.2. The van der Waals surface area contributed by atoms with Gasteiger partial charge in [0.25, 0.3) is 5.91 Å². The highest BCUT2D eigenvalue weighted by Gasteiger charge is 2.33. The highest BCUT2D eigenvalue weighted by molar-refractivity contribution is 9.11. The van der Waals surface area contributed by atoms with Crippen molar-refractivity contribution in [1.82, 2.24) is 4.90 Å². The number of hydrogen-bond acceptors (Lipinski definition) is 6. The molecule has 1 saturated heterocycles. The molecule has 0 aromatic heterocycles. The molecule has 0 atom stereocenters. The van der Waals surface area contributed by atoms with Crippen LogP contribution in [0.2, 0.25) is 0 Å². The molecule has 2 aromatic rings. The predicted molar refractivity (Wildman–Crippen MR) is 123 cm³/mol. The highest BCUT2D eigenvalue weighted by atomic mass is 79.9. The van der Waals surface area contributed by atoms with Crippen LogP contribution in [0.15, 0.2) is 55.2 Å². The van der Waals surface area contributed by atoms with Gasteiger partial charge in [-0.3, -0.25) is 9.69 Å². The summed E-state index contributed by atoms with van der Waals surface area (Å²) in [6.45, 7) is 0.762. The van der Waals surface area contributed by atoms with E-state index in [2.05, 4.69) is 36.9 Å². The van der Waals surface area contributed by atoms with E-state index in [-0.39, 0.29) is 11.7 Å². The van der Waals surface area contributed by atoms with Gasteiger partial charge >= 0.3 is 0 Å². The second kappa shape index (κ2) is 9.80. The van der Waals surface area contributed by atoms with E-state index >= 15 is 0 Å². The lowest BCUT2D eigenvalue weighted by Crippen LogP contribution is -2.32. The maximum Gasteiger partial charge on any atom is 0.266 e. The van der Waals surface area contributed by atoms with Gasteiger partial charge in [0, 0.05) is 17.1 Å². The second-order valence-electron chi connectivity index (χ2n) is 5.98. The van der Waals surface area contributed by atoms with Gasteiger partial charge in [0.1, 0.15) is 11.5 Å².